The third-order valence-corrected chi connectivity index (χ3v) is 5.24. The first kappa shape index (κ1) is 23.9. The summed E-state index contributed by atoms with van der Waals surface area (Å²) >= 11 is 0. The molecule has 3 amide bonds. The molecule has 0 fully saturated rings. The number of fused-ring (bicyclic) bond motifs is 1. The van der Waals surface area contributed by atoms with Gasteiger partial charge >= 0.3 is 12.1 Å². The number of benzene rings is 2. The van der Waals surface area contributed by atoms with E-state index in [9.17, 15) is 32.3 Å². The largest absolute Gasteiger partial charge is 0.467 e. The molecule has 0 unspecified atom stereocenters. The summed E-state index contributed by atoms with van der Waals surface area (Å²) in [6, 6.07) is 10.2. The number of alkyl halides is 3. The number of hydrogen-bond acceptors (Lipinski definition) is 6. The van der Waals surface area contributed by atoms with Crippen LogP contribution in [-0.2, 0) is 24.7 Å². The van der Waals surface area contributed by atoms with Gasteiger partial charge in [-0.3, -0.25) is 19.3 Å². The molecule has 174 valence electrons. The summed E-state index contributed by atoms with van der Waals surface area (Å²) in [5.74, 6) is -4.37. The van der Waals surface area contributed by atoms with Gasteiger partial charge in [-0.05, 0) is 12.1 Å². The van der Waals surface area contributed by atoms with Gasteiger partial charge in [-0.25, -0.2) is 4.79 Å². The molecule has 2 aromatic carbocycles. The van der Waals surface area contributed by atoms with E-state index in [2.05, 4.69) is 4.74 Å². The van der Waals surface area contributed by atoms with Crippen LogP contribution in [0.4, 0.5) is 13.2 Å². The molecule has 1 aliphatic rings. The van der Waals surface area contributed by atoms with E-state index in [0.29, 0.717) is 12.0 Å². The average Bonchev–Trinajstić information content (AvgIpc) is 3.03. The van der Waals surface area contributed by atoms with Crippen molar-refractivity contribution in [2.45, 2.75) is 17.8 Å². The number of carbonyl (C=O) groups excluding carboxylic acids is 4. The van der Waals surface area contributed by atoms with Gasteiger partial charge in [0.05, 0.1) is 24.8 Å². The Balaban J connectivity index is 1.94. The quantitative estimate of drug-likeness (QED) is 0.497. The van der Waals surface area contributed by atoms with Crippen LogP contribution in [0.5, 0.6) is 0 Å². The van der Waals surface area contributed by atoms with Crippen molar-refractivity contribution in [1.29, 1.82) is 0 Å². The fourth-order valence-corrected chi connectivity index (χ4v) is 3.59. The van der Waals surface area contributed by atoms with Gasteiger partial charge in [0.25, 0.3) is 23.3 Å². The second kappa shape index (κ2) is 9.02. The molecule has 33 heavy (non-hydrogen) atoms. The lowest BCUT2D eigenvalue weighted by Gasteiger charge is -2.34. The Morgan fingerprint density at radius 2 is 1.45 bits per heavy atom. The first-order chi connectivity index (χ1) is 15.6. The molecule has 0 radical (unpaired) electrons. The minimum Gasteiger partial charge on any atom is -0.467 e. The van der Waals surface area contributed by atoms with Crippen molar-refractivity contribution in [3.63, 3.8) is 0 Å². The van der Waals surface area contributed by atoms with Crippen molar-refractivity contribution in [2.24, 2.45) is 0 Å². The lowest BCUT2D eigenvalue weighted by atomic mass is 9.91. The van der Waals surface area contributed by atoms with Gasteiger partial charge in [0, 0.05) is 12.7 Å². The van der Waals surface area contributed by atoms with Gasteiger partial charge in [-0.15, -0.1) is 0 Å². The maximum Gasteiger partial charge on any atom is 0.430 e. The van der Waals surface area contributed by atoms with Crippen LogP contribution in [0.2, 0.25) is 0 Å². The van der Waals surface area contributed by atoms with E-state index in [4.69, 9.17) is 4.74 Å². The minimum absolute atomic E-state index is 0.0725. The lowest BCUT2D eigenvalue weighted by Crippen LogP contribution is -2.60. The molecule has 0 spiro atoms. The van der Waals surface area contributed by atoms with Gasteiger partial charge in [0.2, 0.25) is 0 Å². The van der Waals surface area contributed by atoms with Crippen LogP contribution in [-0.4, -0.2) is 61.6 Å². The summed E-state index contributed by atoms with van der Waals surface area (Å²) in [5, 5.41) is 1.95. The van der Waals surface area contributed by atoms with Crippen molar-refractivity contribution in [2.75, 3.05) is 20.8 Å². The number of nitrogens with zero attached hydrogens (tertiary/aromatic N) is 1. The summed E-state index contributed by atoms with van der Waals surface area (Å²) in [4.78, 5) is 51.2. The molecule has 0 saturated carbocycles. The zero-order valence-corrected chi connectivity index (χ0v) is 17.5. The normalized spacial score (nSPS) is 16.1. The Morgan fingerprint density at radius 3 is 1.91 bits per heavy atom. The number of carbonyl (C=O) groups is 4. The molecule has 0 aromatic heterocycles. The third kappa shape index (κ3) is 4.07. The smallest absolute Gasteiger partial charge is 0.430 e. The standard InChI is InChI=1S/C22H19F3N2O6/c1-32-19(30)16(12-27-17(28)14-10-6-7-11-15(14)18(27)29)26-20(31)21(33-2,22(23,24)25)13-8-4-3-5-9-13/h3-11,16H,12H2,1-2H3,(H,26,31)/t16-,21-/m0/s1. The monoisotopic (exact) mass is 464 g/mol. The number of rotatable bonds is 7. The van der Waals surface area contributed by atoms with Gasteiger partial charge in [-0.1, -0.05) is 42.5 Å². The number of esters is 1. The number of methoxy groups -OCH3 is 2. The summed E-state index contributed by atoms with van der Waals surface area (Å²) < 4.78 is 51.7. The van der Waals surface area contributed by atoms with Crippen LogP contribution >= 0.6 is 0 Å². The average molecular weight is 464 g/mol. The van der Waals surface area contributed by atoms with Crippen LogP contribution in [0.25, 0.3) is 0 Å². The van der Waals surface area contributed by atoms with Crippen LogP contribution in [0.1, 0.15) is 26.3 Å². The maximum absolute atomic E-state index is 14.1. The molecule has 2 atom stereocenters. The molecule has 0 bridgehead atoms. The van der Waals surface area contributed by atoms with E-state index in [0.717, 1.165) is 19.2 Å². The maximum atomic E-state index is 14.1. The highest BCUT2D eigenvalue weighted by Gasteiger charge is 2.63. The van der Waals surface area contributed by atoms with Crippen LogP contribution < -0.4 is 5.32 Å². The van der Waals surface area contributed by atoms with Crippen molar-refractivity contribution in [3.05, 3.63) is 71.3 Å². The van der Waals surface area contributed by atoms with E-state index in [1.165, 1.54) is 42.5 Å². The van der Waals surface area contributed by atoms with Crippen molar-refractivity contribution in [1.82, 2.24) is 10.2 Å². The Hall–Kier alpha value is -3.73. The first-order valence-electron chi connectivity index (χ1n) is 9.60. The molecule has 1 heterocycles. The number of nitrogens with one attached hydrogen (secondary N) is 1. The van der Waals surface area contributed by atoms with Gasteiger partial charge in [-0.2, -0.15) is 13.2 Å². The molecule has 3 rings (SSSR count). The molecule has 8 nitrogen and oxygen atoms in total. The number of imide groups is 1. The minimum atomic E-state index is -5.22. The Bertz CT molecular complexity index is 1050. The number of halogens is 3. The fourth-order valence-electron chi connectivity index (χ4n) is 3.59. The fraction of sp³-hybridized carbons (Fsp3) is 0.273. The molecular weight excluding hydrogens is 445 g/mol. The molecule has 1 aliphatic heterocycles. The number of ether oxygens (including phenoxy) is 2. The van der Waals surface area contributed by atoms with Crippen molar-refractivity contribution in [3.8, 4) is 0 Å². The molecule has 11 heteroatoms. The predicted molar refractivity (Wildman–Crippen MR) is 107 cm³/mol. The third-order valence-electron chi connectivity index (χ3n) is 5.24. The summed E-state index contributed by atoms with van der Waals surface area (Å²) in [6.45, 7) is -0.739. The molecule has 0 saturated heterocycles. The van der Waals surface area contributed by atoms with E-state index >= 15 is 0 Å². The topological polar surface area (TPSA) is 102 Å². The zero-order valence-electron chi connectivity index (χ0n) is 17.5. The highest BCUT2D eigenvalue weighted by atomic mass is 19.4. The van der Waals surface area contributed by atoms with Crippen LogP contribution in [0.15, 0.2) is 54.6 Å². The summed E-state index contributed by atoms with van der Waals surface area (Å²) in [7, 11) is 1.66. The van der Waals surface area contributed by atoms with Gasteiger partial charge in [0.1, 0.15) is 6.04 Å². The van der Waals surface area contributed by atoms with E-state index in [1.807, 2.05) is 5.32 Å². The summed E-state index contributed by atoms with van der Waals surface area (Å²) in [5.41, 5.74) is -3.84. The summed E-state index contributed by atoms with van der Waals surface area (Å²) in [6.07, 6.45) is -5.22. The second-order valence-electron chi connectivity index (χ2n) is 7.06. The van der Waals surface area contributed by atoms with Crippen LogP contribution in [0, 0.1) is 0 Å². The van der Waals surface area contributed by atoms with E-state index in [1.54, 1.807) is 0 Å². The Morgan fingerprint density at radius 1 is 0.939 bits per heavy atom. The van der Waals surface area contributed by atoms with Crippen molar-refractivity contribution >= 4 is 23.7 Å². The highest BCUT2D eigenvalue weighted by Crippen LogP contribution is 2.42. The molecule has 2 aromatic rings. The van der Waals surface area contributed by atoms with Gasteiger partial charge < -0.3 is 14.8 Å². The molecule has 0 aliphatic carbocycles. The SMILES string of the molecule is COC(=O)[C@H](CN1C(=O)c2ccccc2C1=O)NC(=O)[C@@](OC)(c1ccccc1)C(F)(F)F. The van der Waals surface area contributed by atoms with E-state index in [-0.39, 0.29) is 11.1 Å². The van der Waals surface area contributed by atoms with E-state index < -0.39 is 53.6 Å². The second-order valence-corrected chi connectivity index (χ2v) is 7.06. The first-order valence-corrected chi connectivity index (χ1v) is 9.60. The van der Waals surface area contributed by atoms with Crippen molar-refractivity contribution < 1.29 is 41.8 Å². The number of amides is 3. The van der Waals surface area contributed by atoms with Crippen LogP contribution in [0.3, 0.4) is 0 Å². The lowest BCUT2D eigenvalue weighted by molar-refractivity contribution is -0.266. The molecule has 1 N–H and O–H groups in total. The Kier molecular flexibility index (Phi) is 6.54. The highest BCUT2D eigenvalue weighted by molar-refractivity contribution is 6.21. The number of hydrogen-bond donors (Lipinski definition) is 1. The zero-order chi connectivity index (χ0) is 24.4. The van der Waals surface area contributed by atoms with Gasteiger partial charge in [0.15, 0.2) is 0 Å². The Labute approximate surface area is 186 Å². The predicted octanol–water partition coefficient (Wildman–Crippen LogP) is 2.04. The molecular formula is C22H19F3N2O6.